The molecule has 1 rings (SSSR count). The predicted octanol–water partition coefficient (Wildman–Crippen LogP) is 3.02. The van der Waals surface area contributed by atoms with E-state index in [1.165, 1.54) is 51.4 Å². The van der Waals surface area contributed by atoms with E-state index in [0.717, 1.165) is 12.8 Å². The summed E-state index contributed by atoms with van der Waals surface area (Å²) in [4.78, 5) is 24.3. The third kappa shape index (κ3) is 10.4. The van der Waals surface area contributed by atoms with Gasteiger partial charge in [0.05, 0.1) is 18.2 Å². The quantitative estimate of drug-likeness (QED) is 0.334. The number of esters is 1. The second kappa shape index (κ2) is 14.1. The van der Waals surface area contributed by atoms with Crippen molar-refractivity contribution in [1.82, 2.24) is 5.32 Å². The average molecular weight is 394 g/mol. The fourth-order valence-corrected chi connectivity index (χ4v) is 3.12. The molecule has 28 heavy (non-hydrogen) atoms. The van der Waals surface area contributed by atoms with Crippen LogP contribution in [0.5, 0.6) is 0 Å². The van der Waals surface area contributed by atoms with Crippen molar-refractivity contribution in [2.45, 2.75) is 84.1 Å². The minimum atomic E-state index is -0.683. The molecule has 0 heterocycles. The van der Waals surface area contributed by atoms with E-state index in [1.807, 2.05) is 0 Å². The number of carbonyl (C=O) groups excluding carboxylic acids is 2. The van der Waals surface area contributed by atoms with Crippen LogP contribution in [0.1, 0.15) is 88.4 Å². The molecule has 0 radical (unpaired) electrons. The molecule has 0 bridgehead atoms. The first-order valence-corrected chi connectivity index (χ1v) is 10.7. The monoisotopic (exact) mass is 393 g/mol. The largest absolute Gasteiger partial charge is 0.464 e. The molecule has 0 aliphatic heterocycles. The van der Waals surface area contributed by atoms with E-state index in [9.17, 15) is 9.59 Å². The van der Waals surface area contributed by atoms with E-state index >= 15 is 0 Å². The predicted molar refractivity (Wildman–Crippen MR) is 111 cm³/mol. The average Bonchev–Trinajstić information content (AvgIpc) is 2.65. The van der Waals surface area contributed by atoms with Gasteiger partial charge in [-0.2, -0.15) is 0 Å². The zero-order chi connectivity index (χ0) is 20.8. The number of quaternary nitrogens is 2. The SMILES string of the molecule is CCCCCCCCCCCCOC(=O)[C@H](C)NC(=O)c1cc([NH3+])cc([NH3+])c1. The molecule has 1 atom stereocenters. The van der Waals surface area contributed by atoms with Crippen molar-refractivity contribution in [2.75, 3.05) is 6.61 Å². The van der Waals surface area contributed by atoms with Crippen molar-refractivity contribution in [2.24, 2.45) is 0 Å². The Labute approximate surface area is 169 Å². The Morgan fingerprint density at radius 2 is 1.39 bits per heavy atom. The molecule has 0 spiro atoms. The van der Waals surface area contributed by atoms with Crippen LogP contribution in [0, 0.1) is 0 Å². The lowest BCUT2D eigenvalue weighted by atomic mass is 10.1. The van der Waals surface area contributed by atoms with Crippen LogP contribution in [0.2, 0.25) is 0 Å². The molecule has 0 saturated heterocycles. The molecular formula is C22H39N3O3+2. The van der Waals surface area contributed by atoms with Gasteiger partial charge in [-0.25, -0.2) is 4.79 Å². The zero-order valence-corrected chi connectivity index (χ0v) is 17.7. The standard InChI is InChI=1S/C22H37N3O3/c1-3-4-5-6-7-8-9-10-11-12-13-28-22(27)17(2)25-21(26)18-14-19(23)16-20(24)15-18/h14-17H,3-13,23-24H2,1-2H3,(H,25,26)/p+2/t17-/m0/s1. The molecule has 158 valence electrons. The number of benzene rings is 1. The number of unbranched alkanes of at least 4 members (excludes halogenated alkanes) is 9. The summed E-state index contributed by atoms with van der Waals surface area (Å²) in [5.74, 6) is -0.719. The van der Waals surface area contributed by atoms with Gasteiger partial charge in [0, 0.05) is 12.1 Å². The lowest BCUT2D eigenvalue weighted by Crippen LogP contribution is -2.45. The van der Waals surface area contributed by atoms with Gasteiger partial charge in [-0.05, 0) is 13.3 Å². The summed E-state index contributed by atoms with van der Waals surface area (Å²) in [7, 11) is 0. The van der Waals surface area contributed by atoms with Crippen LogP contribution in [0.25, 0.3) is 0 Å². The highest BCUT2D eigenvalue weighted by Crippen LogP contribution is 2.12. The van der Waals surface area contributed by atoms with E-state index < -0.39 is 12.0 Å². The van der Waals surface area contributed by atoms with Crippen LogP contribution in [0.4, 0.5) is 11.4 Å². The van der Waals surface area contributed by atoms with E-state index in [2.05, 4.69) is 23.7 Å². The minimum Gasteiger partial charge on any atom is -0.464 e. The fraction of sp³-hybridized carbons (Fsp3) is 0.636. The normalized spacial score (nSPS) is 11.9. The summed E-state index contributed by atoms with van der Waals surface area (Å²) in [5, 5.41) is 2.67. The second-order valence-electron chi connectivity index (χ2n) is 7.58. The van der Waals surface area contributed by atoms with Gasteiger partial charge in [-0.1, -0.05) is 64.7 Å². The van der Waals surface area contributed by atoms with Crippen molar-refractivity contribution in [3.8, 4) is 0 Å². The highest BCUT2D eigenvalue weighted by molar-refractivity contribution is 5.97. The first kappa shape index (κ1) is 24.1. The number of amides is 1. The van der Waals surface area contributed by atoms with Crippen molar-refractivity contribution < 1.29 is 25.8 Å². The highest BCUT2D eigenvalue weighted by Gasteiger charge is 2.19. The van der Waals surface area contributed by atoms with Crippen LogP contribution < -0.4 is 16.8 Å². The molecule has 1 aromatic carbocycles. The molecule has 0 saturated carbocycles. The molecule has 6 nitrogen and oxygen atoms in total. The number of ether oxygens (including phenoxy) is 1. The van der Waals surface area contributed by atoms with Gasteiger partial charge < -0.3 is 21.5 Å². The van der Waals surface area contributed by atoms with Gasteiger partial charge in [-0.15, -0.1) is 0 Å². The lowest BCUT2D eigenvalue weighted by molar-refractivity contribution is -0.265. The van der Waals surface area contributed by atoms with Gasteiger partial charge in [-0.3, -0.25) is 4.79 Å². The Hall–Kier alpha value is -1.92. The van der Waals surface area contributed by atoms with E-state index in [0.29, 0.717) is 23.5 Å². The van der Waals surface area contributed by atoms with E-state index in [-0.39, 0.29) is 5.91 Å². The fourth-order valence-electron chi connectivity index (χ4n) is 3.12. The number of carbonyl (C=O) groups is 2. The van der Waals surface area contributed by atoms with Gasteiger partial charge in [0.2, 0.25) is 0 Å². The number of rotatable bonds is 14. The Kier molecular flexibility index (Phi) is 12.2. The summed E-state index contributed by atoms with van der Waals surface area (Å²) < 4.78 is 5.28. The Morgan fingerprint density at radius 1 is 0.893 bits per heavy atom. The van der Waals surface area contributed by atoms with Crippen molar-refractivity contribution in [3.63, 3.8) is 0 Å². The molecule has 7 N–H and O–H groups in total. The highest BCUT2D eigenvalue weighted by atomic mass is 16.5. The van der Waals surface area contributed by atoms with Crippen LogP contribution in [0.15, 0.2) is 18.2 Å². The third-order valence-corrected chi connectivity index (χ3v) is 4.76. The van der Waals surface area contributed by atoms with E-state index in [4.69, 9.17) is 4.74 Å². The van der Waals surface area contributed by atoms with Crippen molar-refractivity contribution in [1.29, 1.82) is 0 Å². The Morgan fingerprint density at radius 3 is 1.93 bits per heavy atom. The Bertz CT molecular complexity index is 584. The van der Waals surface area contributed by atoms with Crippen LogP contribution in [-0.2, 0) is 9.53 Å². The molecule has 1 amide bonds. The smallest absolute Gasteiger partial charge is 0.328 e. The van der Waals surface area contributed by atoms with Gasteiger partial charge in [0.25, 0.3) is 5.91 Å². The molecule has 0 fully saturated rings. The maximum absolute atomic E-state index is 12.2. The third-order valence-electron chi connectivity index (χ3n) is 4.76. The Balaban J connectivity index is 2.12. The van der Waals surface area contributed by atoms with E-state index in [1.54, 1.807) is 25.1 Å². The molecule has 0 unspecified atom stereocenters. The summed E-state index contributed by atoms with van der Waals surface area (Å²) >= 11 is 0. The molecule has 0 aromatic heterocycles. The second-order valence-corrected chi connectivity index (χ2v) is 7.58. The molecule has 1 aromatic rings. The van der Waals surface area contributed by atoms with Crippen LogP contribution in [0.3, 0.4) is 0 Å². The maximum Gasteiger partial charge on any atom is 0.328 e. The van der Waals surface area contributed by atoms with Gasteiger partial charge >= 0.3 is 5.97 Å². The van der Waals surface area contributed by atoms with Crippen molar-refractivity contribution >= 4 is 23.3 Å². The molecule has 0 aliphatic carbocycles. The summed E-state index contributed by atoms with van der Waals surface area (Å²) in [5.41, 5.74) is 9.52. The number of hydrogen-bond acceptors (Lipinski definition) is 3. The number of nitrogens with one attached hydrogen (secondary N) is 1. The first-order valence-electron chi connectivity index (χ1n) is 10.7. The van der Waals surface area contributed by atoms with Crippen molar-refractivity contribution in [3.05, 3.63) is 23.8 Å². The molecule has 0 aliphatic rings. The zero-order valence-electron chi connectivity index (χ0n) is 17.7. The van der Waals surface area contributed by atoms with Gasteiger partial charge in [0.15, 0.2) is 0 Å². The van der Waals surface area contributed by atoms with Gasteiger partial charge in [0.1, 0.15) is 17.4 Å². The summed E-state index contributed by atoms with van der Waals surface area (Å²) in [6.45, 7) is 4.28. The number of hydrogen-bond donors (Lipinski definition) is 3. The molecular weight excluding hydrogens is 354 g/mol. The van der Waals surface area contributed by atoms with Crippen LogP contribution in [-0.4, -0.2) is 24.5 Å². The van der Waals surface area contributed by atoms with Crippen LogP contribution >= 0.6 is 0 Å². The summed E-state index contributed by atoms with van der Waals surface area (Å²) in [6, 6.07) is 4.45. The molecule has 6 heteroatoms. The minimum absolute atomic E-state index is 0.321. The summed E-state index contributed by atoms with van der Waals surface area (Å²) in [6.07, 6.45) is 12.4. The maximum atomic E-state index is 12.2. The lowest BCUT2D eigenvalue weighted by Gasteiger charge is -2.13. The first-order chi connectivity index (χ1) is 13.4. The topological polar surface area (TPSA) is 111 Å².